The smallest absolute Gasteiger partial charge is 0.172 e. The van der Waals surface area contributed by atoms with Gasteiger partial charge in [-0.15, -0.1) is 0 Å². The van der Waals surface area contributed by atoms with Gasteiger partial charge in [0.05, 0.1) is 5.57 Å². The lowest BCUT2D eigenvalue weighted by atomic mass is 9.89. The Labute approximate surface area is 77.4 Å². The second-order valence-electron chi connectivity index (χ2n) is 3.62. The van der Waals surface area contributed by atoms with Crippen LogP contribution in [-0.2, 0) is 9.59 Å². The summed E-state index contributed by atoms with van der Waals surface area (Å²) >= 11 is 0. The van der Waals surface area contributed by atoms with Crippen LogP contribution in [0.3, 0.4) is 0 Å². The molecular formula is C10H14O3. The van der Waals surface area contributed by atoms with Crippen molar-refractivity contribution in [3.8, 4) is 0 Å². The van der Waals surface area contributed by atoms with Crippen molar-refractivity contribution in [3.63, 3.8) is 0 Å². The van der Waals surface area contributed by atoms with Gasteiger partial charge in [0.1, 0.15) is 5.76 Å². The summed E-state index contributed by atoms with van der Waals surface area (Å²) in [4.78, 5) is 22.8. The molecule has 0 radical (unpaired) electrons. The summed E-state index contributed by atoms with van der Waals surface area (Å²) < 4.78 is 0. The van der Waals surface area contributed by atoms with Crippen molar-refractivity contribution >= 4 is 11.6 Å². The summed E-state index contributed by atoms with van der Waals surface area (Å²) in [5.41, 5.74) is 0.0428. The molecule has 0 heterocycles. The Kier molecular flexibility index (Phi) is 2.86. The number of rotatable bonds is 2. The van der Waals surface area contributed by atoms with E-state index in [-0.39, 0.29) is 28.8 Å². The summed E-state index contributed by atoms with van der Waals surface area (Å²) in [5, 5.41) is 9.40. The molecule has 0 fully saturated rings. The van der Waals surface area contributed by atoms with Crippen LogP contribution in [0.2, 0.25) is 0 Å². The molecule has 3 nitrogen and oxygen atoms in total. The molecule has 0 aromatic heterocycles. The number of allylic oxidation sites excluding steroid dienone is 2. The molecule has 0 aliphatic heterocycles. The van der Waals surface area contributed by atoms with Crippen molar-refractivity contribution in [1.82, 2.24) is 0 Å². The van der Waals surface area contributed by atoms with Crippen LogP contribution in [0.1, 0.15) is 33.1 Å². The quantitative estimate of drug-likeness (QED) is 0.662. The Morgan fingerprint density at radius 3 is 2.46 bits per heavy atom. The Morgan fingerprint density at radius 2 is 2.00 bits per heavy atom. The summed E-state index contributed by atoms with van der Waals surface area (Å²) in [6.45, 7) is 3.45. The zero-order chi connectivity index (χ0) is 10.0. The molecule has 0 unspecified atom stereocenters. The molecular weight excluding hydrogens is 168 g/mol. The van der Waals surface area contributed by atoms with Crippen molar-refractivity contribution in [2.45, 2.75) is 33.1 Å². The number of aliphatic hydroxyl groups excluding tert-OH is 1. The van der Waals surface area contributed by atoms with Crippen LogP contribution in [-0.4, -0.2) is 16.7 Å². The van der Waals surface area contributed by atoms with Gasteiger partial charge in [0, 0.05) is 18.8 Å². The number of ketones is 2. The normalized spacial score (nSPS) is 18.2. The highest BCUT2D eigenvalue weighted by molar-refractivity contribution is 6.21. The molecule has 13 heavy (non-hydrogen) atoms. The van der Waals surface area contributed by atoms with Crippen molar-refractivity contribution in [3.05, 3.63) is 11.3 Å². The van der Waals surface area contributed by atoms with E-state index >= 15 is 0 Å². The second kappa shape index (κ2) is 3.73. The fraction of sp³-hybridized carbons (Fsp3) is 0.600. The molecule has 0 amide bonds. The van der Waals surface area contributed by atoms with Crippen LogP contribution in [0.5, 0.6) is 0 Å². The molecule has 1 N–H and O–H groups in total. The molecule has 1 aliphatic carbocycles. The van der Waals surface area contributed by atoms with Crippen molar-refractivity contribution in [2.75, 3.05) is 0 Å². The maximum absolute atomic E-state index is 11.5. The average molecular weight is 182 g/mol. The highest BCUT2D eigenvalue weighted by Crippen LogP contribution is 2.22. The Hall–Kier alpha value is -1.12. The Bertz CT molecular complexity index is 274. The molecule has 1 aliphatic rings. The van der Waals surface area contributed by atoms with E-state index in [0.717, 1.165) is 0 Å². The highest BCUT2D eigenvalue weighted by atomic mass is 16.3. The largest absolute Gasteiger partial charge is 0.511 e. The van der Waals surface area contributed by atoms with E-state index in [2.05, 4.69) is 0 Å². The van der Waals surface area contributed by atoms with E-state index in [4.69, 9.17) is 0 Å². The number of aliphatic hydroxyl groups is 1. The standard InChI is InChI=1S/C10H14O3/c1-6(2)10(13)9-7(11)4-3-5-8(9)12/h6,11H,3-5H2,1-2H3. The fourth-order valence-corrected chi connectivity index (χ4v) is 1.40. The van der Waals surface area contributed by atoms with Gasteiger partial charge in [-0.25, -0.2) is 0 Å². The molecule has 0 saturated heterocycles. The van der Waals surface area contributed by atoms with E-state index < -0.39 is 0 Å². The first-order valence-corrected chi connectivity index (χ1v) is 4.53. The van der Waals surface area contributed by atoms with Crippen molar-refractivity contribution < 1.29 is 14.7 Å². The fourth-order valence-electron chi connectivity index (χ4n) is 1.40. The third-order valence-electron chi connectivity index (χ3n) is 2.16. The van der Waals surface area contributed by atoms with Crippen LogP contribution < -0.4 is 0 Å². The van der Waals surface area contributed by atoms with Gasteiger partial charge >= 0.3 is 0 Å². The van der Waals surface area contributed by atoms with Crippen LogP contribution in [0, 0.1) is 5.92 Å². The maximum Gasteiger partial charge on any atom is 0.172 e. The predicted octanol–water partition coefficient (Wildman–Crippen LogP) is 1.78. The lowest BCUT2D eigenvalue weighted by Gasteiger charge is -2.15. The number of carbonyl (C=O) groups is 2. The zero-order valence-corrected chi connectivity index (χ0v) is 7.96. The Morgan fingerprint density at radius 1 is 1.38 bits per heavy atom. The lowest BCUT2D eigenvalue weighted by molar-refractivity contribution is -0.123. The molecule has 1 rings (SSSR count). The third kappa shape index (κ3) is 1.97. The highest BCUT2D eigenvalue weighted by Gasteiger charge is 2.27. The zero-order valence-electron chi connectivity index (χ0n) is 7.96. The van der Waals surface area contributed by atoms with Crippen molar-refractivity contribution in [2.24, 2.45) is 5.92 Å². The molecule has 0 aromatic carbocycles. The summed E-state index contributed by atoms with van der Waals surface area (Å²) in [6.07, 6.45) is 1.50. The molecule has 3 heteroatoms. The first-order chi connectivity index (χ1) is 6.04. The molecule has 0 spiro atoms. The first-order valence-electron chi connectivity index (χ1n) is 4.53. The molecule has 0 aromatic rings. The summed E-state index contributed by atoms with van der Waals surface area (Å²) in [7, 11) is 0. The lowest BCUT2D eigenvalue weighted by Crippen LogP contribution is -2.22. The van der Waals surface area contributed by atoms with Gasteiger partial charge in [-0.1, -0.05) is 13.8 Å². The minimum atomic E-state index is -0.234. The van der Waals surface area contributed by atoms with Crippen molar-refractivity contribution in [1.29, 1.82) is 0 Å². The minimum absolute atomic E-state index is 0.0186. The predicted molar refractivity (Wildman–Crippen MR) is 48.4 cm³/mol. The maximum atomic E-state index is 11.5. The van der Waals surface area contributed by atoms with Gasteiger partial charge < -0.3 is 5.11 Å². The summed E-state index contributed by atoms with van der Waals surface area (Å²) in [5.74, 6) is -0.682. The number of hydrogen-bond acceptors (Lipinski definition) is 3. The van der Waals surface area contributed by atoms with Gasteiger partial charge in [-0.05, 0) is 6.42 Å². The number of carbonyl (C=O) groups excluding carboxylic acids is 2. The topological polar surface area (TPSA) is 54.4 Å². The molecule has 0 saturated carbocycles. The van der Waals surface area contributed by atoms with Crippen LogP contribution in [0.25, 0.3) is 0 Å². The van der Waals surface area contributed by atoms with Gasteiger partial charge in [-0.2, -0.15) is 0 Å². The van der Waals surface area contributed by atoms with Gasteiger partial charge in [-0.3, -0.25) is 9.59 Å². The van der Waals surface area contributed by atoms with E-state index in [1.165, 1.54) is 0 Å². The molecule has 0 bridgehead atoms. The molecule has 0 atom stereocenters. The summed E-state index contributed by atoms with van der Waals surface area (Å²) in [6, 6.07) is 0. The van der Waals surface area contributed by atoms with Gasteiger partial charge in [0.15, 0.2) is 11.6 Å². The van der Waals surface area contributed by atoms with E-state index in [9.17, 15) is 14.7 Å². The van der Waals surface area contributed by atoms with E-state index in [1.54, 1.807) is 13.8 Å². The van der Waals surface area contributed by atoms with Crippen LogP contribution >= 0.6 is 0 Å². The van der Waals surface area contributed by atoms with E-state index in [1.807, 2.05) is 0 Å². The first kappa shape index (κ1) is 9.96. The van der Waals surface area contributed by atoms with Gasteiger partial charge in [0.25, 0.3) is 0 Å². The number of Topliss-reactive ketones (excluding diaryl/α,β-unsaturated/α-hetero) is 2. The monoisotopic (exact) mass is 182 g/mol. The molecule has 72 valence electrons. The average Bonchev–Trinajstić information content (AvgIpc) is 2.03. The SMILES string of the molecule is CC(C)C(=O)C1=C(O)CCCC1=O. The van der Waals surface area contributed by atoms with Crippen LogP contribution in [0.4, 0.5) is 0 Å². The second-order valence-corrected chi connectivity index (χ2v) is 3.62. The van der Waals surface area contributed by atoms with E-state index in [0.29, 0.717) is 19.3 Å². The Balaban J connectivity index is 2.98. The minimum Gasteiger partial charge on any atom is -0.511 e. The van der Waals surface area contributed by atoms with Crippen LogP contribution in [0.15, 0.2) is 11.3 Å². The number of hydrogen-bond donors (Lipinski definition) is 1. The van der Waals surface area contributed by atoms with Gasteiger partial charge in [0.2, 0.25) is 0 Å². The third-order valence-corrected chi connectivity index (χ3v) is 2.16.